The van der Waals surface area contributed by atoms with Crippen LogP contribution >= 0.6 is 0 Å². The van der Waals surface area contributed by atoms with Gasteiger partial charge in [-0.2, -0.15) is 0 Å². The van der Waals surface area contributed by atoms with Crippen LogP contribution in [0.3, 0.4) is 0 Å². The van der Waals surface area contributed by atoms with Crippen molar-refractivity contribution in [2.45, 2.75) is 121 Å². The van der Waals surface area contributed by atoms with Gasteiger partial charge in [0.15, 0.2) is 17.3 Å². The van der Waals surface area contributed by atoms with Crippen LogP contribution in [0.15, 0.2) is 106 Å². The number of allylic oxidation sites excluding steroid dienone is 5. The van der Waals surface area contributed by atoms with E-state index in [9.17, 15) is 4.79 Å². The maximum Gasteiger partial charge on any atom is 0.350 e. The molecule has 14 nitrogen and oxygen atoms in total. The first-order chi connectivity index (χ1) is 31.2. The molecule has 1 unspecified atom stereocenters. The number of Topliss-reactive ketones (excluding diaryl/α,β-unsaturated/α-hetero) is 2. The van der Waals surface area contributed by atoms with Gasteiger partial charge in [0.1, 0.15) is 5.82 Å². The van der Waals surface area contributed by atoms with Crippen LogP contribution in [0, 0.1) is 17.3 Å². The molecule has 0 saturated carbocycles. The number of hydrogen-bond acceptors (Lipinski definition) is 12. The number of nitrogens with one attached hydrogen (secondary N) is 6. The summed E-state index contributed by atoms with van der Waals surface area (Å²) in [7, 11) is 3.60. The summed E-state index contributed by atoms with van der Waals surface area (Å²) in [5.41, 5.74) is 15.0. The Bertz CT molecular complexity index is 2320. The van der Waals surface area contributed by atoms with Gasteiger partial charge in [0.25, 0.3) is 5.60 Å². The Morgan fingerprint density at radius 3 is 2.75 bits per heavy atom. The SMILES string of the molecule is CCN[C@@H]1C=C2C=CCC[C@H]2C[C@H]1COC(=O)[C@]12O[C@@]1(C/C=C(\C)C[C@@H](NC(N)=NC)C1=CCNC3=C1CC[C@H](NC)N3)C(=O)c1cccc(CC(C)(C)CC3=CNC(N)C=C3)c1C2=O. The molecule has 8 rings (SSSR count). The van der Waals surface area contributed by atoms with Crippen molar-refractivity contribution in [3.05, 3.63) is 117 Å². The second-order valence-corrected chi connectivity index (χ2v) is 19.6. The van der Waals surface area contributed by atoms with E-state index in [0.717, 1.165) is 61.2 Å². The number of carbonyl (C=O) groups is 3. The van der Waals surface area contributed by atoms with Crippen LogP contribution in [-0.2, 0) is 20.7 Å². The molecule has 1 aromatic carbocycles. The van der Waals surface area contributed by atoms with E-state index in [4.69, 9.17) is 20.9 Å². The van der Waals surface area contributed by atoms with E-state index < -0.39 is 23.0 Å². The van der Waals surface area contributed by atoms with E-state index in [1.54, 1.807) is 13.1 Å². The van der Waals surface area contributed by atoms with Crippen molar-refractivity contribution < 1.29 is 23.9 Å². The van der Waals surface area contributed by atoms with Crippen molar-refractivity contribution in [1.29, 1.82) is 0 Å². The number of dihydropyridines is 2. The molecular weight excluding hydrogens is 819 g/mol. The fraction of sp³-hybridized carbons (Fsp3) is 0.529. The highest BCUT2D eigenvalue weighted by Crippen LogP contribution is 2.59. The Morgan fingerprint density at radius 1 is 1.17 bits per heavy atom. The summed E-state index contributed by atoms with van der Waals surface area (Å²) in [6, 6.07) is 5.18. The number of nitrogens with zero attached hydrogens (tertiary/aromatic N) is 1. The summed E-state index contributed by atoms with van der Waals surface area (Å²) >= 11 is 0. The molecule has 10 N–H and O–H groups in total. The standard InChI is InChI=1S/C51H69N9O5/c1-7-56-39-25-33-12-9-8-11-32(33)24-35(39)29-64-47(63)51-45(62)43-34(27-49(3,4)26-31-15-17-41(52)58-28-31)13-10-14-38(43)44(61)50(51,65-51)21-19-30(2)23-40(59-48(53)55-6)36-20-22-57-46-37(36)16-18-42(54-5)60-46/h9-10,12-15,17,19-20,25,28,32,35,39-42,54,56-58,60H,7-8,11,16,18,21-24,26-27,29,52H2,1-6H3,(H3,53,55,59)/b30-19+/t32-,35-,39+,40+,41?,42+,50-,51-/m0/s1. The molecule has 4 aliphatic heterocycles. The van der Waals surface area contributed by atoms with Crippen LogP contribution in [-0.4, -0.2) is 92.9 Å². The van der Waals surface area contributed by atoms with Gasteiger partial charge in [-0.1, -0.05) is 81.0 Å². The van der Waals surface area contributed by atoms with E-state index in [1.165, 1.54) is 11.1 Å². The number of hydrogen-bond donors (Lipinski definition) is 8. The van der Waals surface area contributed by atoms with Crippen molar-refractivity contribution in [3.63, 3.8) is 0 Å². The number of benzene rings is 1. The highest BCUT2D eigenvalue weighted by atomic mass is 16.7. The average molecular weight is 888 g/mol. The van der Waals surface area contributed by atoms with Crippen LogP contribution in [0.25, 0.3) is 0 Å². The molecule has 0 aromatic heterocycles. The molecule has 65 heavy (non-hydrogen) atoms. The number of nitrogens with two attached hydrogens (primary N) is 2. The molecular formula is C51H69N9O5. The molecule has 0 bridgehead atoms. The first-order valence-corrected chi connectivity index (χ1v) is 23.6. The second-order valence-electron chi connectivity index (χ2n) is 19.6. The average Bonchev–Trinajstić information content (AvgIpc) is 4.01. The van der Waals surface area contributed by atoms with Crippen LogP contribution < -0.4 is 43.4 Å². The number of ether oxygens (including phenoxy) is 2. The normalized spacial score (nSPS) is 30.0. The third-order valence-corrected chi connectivity index (χ3v) is 14.4. The zero-order valence-corrected chi connectivity index (χ0v) is 38.9. The summed E-state index contributed by atoms with van der Waals surface area (Å²) in [6.45, 7) is 9.83. The third-order valence-electron chi connectivity index (χ3n) is 14.4. The number of ketones is 2. The van der Waals surface area contributed by atoms with Gasteiger partial charge in [-0.15, -0.1) is 0 Å². The van der Waals surface area contributed by atoms with E-state index >= 15 is 9.59 Å². The minimum absolute atomic E-state index is 0.00236. The van der Waals surface area contributed by atoms with Gasteiger partial charge in [-0.05, 0) is 117 Å². The molecule has 3 aliphatic carbocycles. The molecule has 1 fully saturated rings. The number of esters is 1. The Morgan fingerprint density at radius 2 is 2.00 bits per heavy atom. The molecule has 0 spiro atoms. The van der Waals surface area contributed by atoms with Crippen molar-refractivity contribution >= 4 is 23.5 Å². The molecule has 348 valence electrons. The third kappa shape index (κ3) is 9.15. The smallest absolute Gasteiger partial charge is 0.350 e. The minimum atomic E-state index is -2.12. The molecule has 0 radical (unpaired) electrons. The molecule has 1 aromatic rings. The Balaban J connectivity index is 1.10. The van der Waals surface area contributed by atoms with Gasteiger partial charge in [0.2, 0.25) is 5.78 Å². The Kier molecular flexibility index (Phi) is 13.5. The first-order valence-electron chi connectivity index (χ1n) is 23.6. The predicted octanol–water partition coefficient (Wildman–Crippen LogP) is 4.59. The van der Waals surface area contributed by atoms with Gasteiger partial charge in [-0.25, -0.2) is 4.79 Å². The summed E-state index contributed by atoms with van der Waals surface area (Å²) in [5.74, 6) is -0.0193. The molecule has 7 aliphatic rings. The van der Waals surface area contributed by atoms with Crippen LogP contribution in [0.2, 0.25) is 0 Å². The number of likely N-dealkylation sites (N-methyl/N-ethyl adjacent to an activating group) is 1. The van der Waals surface area contributed by atoms with Gasteiger partial charge in [-0.3, -0.25) is 14.6 Å². The lowest BCUT2D eigenvalue weighted by Gasteiger charge is -2.36. The lowest BCUT2D eigenvalue weighted by Crippen LogP contribution is -2.51. The zero-order valence-electron chi connectivity index (χ0n) is 38.9. The monoisotopic (exact) mass is 888 g/mol. The highest BCUT2D eigenvalue weighted by molar-refractivity contribution is 6.33. The van der Waals surface area contributed by atoms with Crippen molar-refractivity contribution in [2.24, 2.45) is 33.7 Å². The number of epoxide rings is 1. The van der Waals surface area contributed by atoms with Gasteiger partial charge in [0, 0.05) is 49.3 Å². The quantitative estimate of drug-likeness (QED) is 0.0286. The van der Waals surface area contributed by atoms with Gasteiger partial charge >= 0.3 is 5.97 Å². The summed E-state index contributed by atoms with van der Waals surface area (Å²) < 4.78 is 12.8. The first kappa shape index (κ1) is 46.3. The molecule has 14 heteroatoms. The minimum Gasteiger partial charge on any atom is -0.463 e. The topological polar surface area (TPSA) is 210 Å². The van der Waals surface area contributed by atoms with E-state index in [0.29, 0.717) is 43.2 Å². The fourth-order valence-corrected chi connectivity index (χ4v) is 11.0. The molecule has 4 heterocycles. The number of carbonyl (C=O) groups excluding carboxylic acids is 3. The number of rotatable bonds is 16. The molecule has 1 saturated heterocycles. The van der Waals surface area contributed by atoms with Crippen molar-refractivity contribution in [3.8, 4) is 0 Å². The van der Waals surface area contributed by atoms with Crippen LogP contribution in [0.5, 0.6) is 0 Å². The van der Waals surface area contributed by atoms with Gasteiger partial charge < -0.3 is 52.8 Å². The van der Waals surface area contributed by atoms with Crippen molar-refractivity contribution in [2.75, 3.05) is 33.8 Å². The zero-order chi connectivity index (χ0) is 46.1. The summed E-state index contributed by atoms with van der Waals surface area (Å²) in [4.78, 5) is 49.6. The Labute approximate surface area is 384 Å². The summed E-state index contributed by atoms with van der Waals surface area (Å²) in [5, 5.41) is 20.6. The molecule has 0 amide bonds. The molecule has 8 atom stereocenters. The second kappa shape index (κ2) is 18.9. The lowest BCUT2D eigenvalue weighted by molar-refractivity contribution is -0.150. The number of aliphatic imine (C=N–C) groups is 1. The fourth-order valence-electron chi connectivity index (χ4n) is 11.0. The summed E-state index contributed by atoms with van der Waals surface area (Å²) in [6.07, 6.45) is 23.0. The largest absolute Gasteiger partial charge is 0.463 e. The predicted molar refractivity (Wildman–Crippen MR) is 254 cm³/mol. The maximum atomic E-state index is 15.3. The van der Waals surface area contributed by atoms with Gasteiger partial charge in [0.05, 0.1) is 25.0 Å². The lowest BCUT2D eigenvalue weighted by atomic mass is 9.69. The maximum absolute atomic E-state index is 15.3. The number of fused-ring (bicyclic) bond motifs is 3. The van der Waals surface area contributed by atoms with E-state index in [2.05, 4.69) is 82.0 Å². The highest BCUT2D eigenvalue weighted by Gasteiger charge is 2.85. The van der Waals surface area contributed by atoms with Crippen LogP contribution in [0.1, 0.15) is 105 Å². The Hall–Kier alpha value is -5.28. The number of guanidine groups is 1. The van der Waals surface area contributed by atoms with E-state index in [-0.39, 0.29) is 65.7 Å². The van der Waals surface area contributed by atoms with Crippen molar-refractivity contribution in [1.82, 2.24) is 31.9 Å². The van der Waals surface area contributed by atoms with Crippen LogP contribution in [0.4, 0.5) is 0 Å². The van der Waals surface area contributed by atoms with E-state index in [1.807, 2.05) is 50.5 Å².